The van der Waals surface area contributed by atoms with Gasteiger partial charge in [-0.15, -0.1) is 0 Å². The van der Waals surface area contributed by atoms with E-state index in [-0.39, 0.29) is 0 Å². The minimum atomic E-state index is 0.704. The molecule has 0 radical (unpaired) electrons. The van der Waals surface area contributed by atoms with Gasteiger partial charge in [-0.2, -0.15) is 0 Å². The van der Waals surface area contributed by atoms with Crippen molar-refractivity contribution >= 4 is 95.6 Å². The molecule has 100 valence electrons. The molecule has 19 heavy (non-hydrogen) atoms. The number of rotatable bonds is 2. The Bertz CT molecular complexity index is 614. The predicted octanol–water partition coefficient (Wildman–Crippen LogP) is 8.05. The van der Waals surface area contributed by atoms with Crippen LogP contribution in [0.4, 0.5) is 0 Å². The second-order valence-corrected chi connectivity index (χ2v) is 8.48. The fourth-order valence-electron chi connectivity index (χ4n) is 1.30. The van der Waals surface area contributed by atoms with E-state index in [4.69, 9.17) is 4.74 Å². The molecule has 0 bridgehead atoms. The second kappa shape index (κ2) is 6.92. The molecule has 0 fully saturated rings. The van der Waals surface area contributed by atoms with E-state index < -0.39 is 0 Å². The Morgan fingerprint density at radius 2 is 1.21 bits per heavy atom. The Balaban J connectivity index is 2.46. The first-order valence-electron chi connectivity index (χ1n) is 4.86. The number of halogens is 6. The summed E-state index contributed by atoms with van der Waals surface area (Å²) in [4.78, 5) is 0. The summed E-state index contributed by atoms with van der Waals surface area (Å²) in [5.41, 5.74) is 0. The fourth-order valence-corrected chi connectivity index (χ4v) is 4.08. The molecule has 0 aliphatic heterocycles. The SMILES string of the molecule is Brc1ccc(Oc2c(Br)c(Br)cc(Br)c2Br)cc1Br. The Labute approximate surface area is 161 Å². The molecule has 0 saturated carbocycles. The van der Waals surface area contributed by atoms with Crippen molar-refractivity contribution < 1.29 is 4.74 Å². The van der Waals surface area contributed by atoms with Crippen LogP contribution in [0.15, 0.2) is 51.1 Å². The summed E-state index contributed by atoms with van der Waals surface area (Å²) in [5.74, 6) is 1.44. The maximum absolute atomic E-state index is 5.93. The van der Waals surface area contributed by atoms with Crippen molar-refractivity contribution in [2.75, 3.05) is 0 Å². The van der Waals surface area contributed by atoms with Crippen molar-refractivity contribution in [1.29, 1.82) is 0 Å². The number of hydrogen-bond acceptors (Lipinski definition) is 1. The lowest BCUT2D eigenvalue weighted by atomic mass is 10.3. The molecule has 0 aliphatic carbocycles. The van der Waals surface area contributed by atoms with Gasteiger partial charge >= 0.3 is 0 Å². The van der Waals surface area contributed by atoms with Gasteiger partial charge in [0.15, 0.2) is 5.75 Å². The molecule has 0 amide bonds. The zero-order valence-corrected chi connectivity index (χ0v) is 18.5. The van der Waals surface area contributed by atoms with Gasteiger partial charge in [-0.3, -0.25) is 0 Å². The summed E-state index contributed by atoms with van der Waals surface area (Å²) >= 11 is 20.9. The Morgan fingerprint density at radius 3 is 1.74 bits per heavy atom. The van der Waals surface area contributed by atoms with Crippen LogP contribution in [0, 0.1) is 0 Å². The highest BCUT2D eigenvalue weighted by molar-refractivity contribution is 9.14. The van der Waals surface area contributed by atoms with E-state index in [2.05, 4.69) is 95.6 Å². The van der Waals surface area contributed by atoms with Crippen LogP contribution in [0.1, 0.15) is 0 Å². The van der Waals surface area contributed by atoms with Crippen molar-refractivity contribution in [2.24, 2.45) is 0 Å². The highest BCUT2D eigenvalue weighted by Gasteiger charge is 2.15. The minimum absolute atomic E-state index is 0.704. The maximum atomic E-state index is 5.93. The summed E-state index contributed by atoms with van der Waals surface area (Å²) in [6, 6.07) is 7.66. The van der Waals surface area contributed by atoms with Crippen LogP contribution < -0.4 is 4.74 Å². The molecule has 0 saturated heterocycles. The standard InChI is InChI=1S/C12H4Br6O/c13-6-2-1-5(3-7(6)14)19-12-10(17)8(15)4-9(16)11(12)18/h1-4H. The molecule has 0 aliphatic rings. The van der Waals surface area contributed by atoms with Crippen molar-refractivity contribution in [3.63, 3.8) is 0 Å². The molecule has 0 unspecified atom stereocenters. The highest BCUT2D eigenvalue weighted by Crippen LogP contribution is 2.45. The van der Waals surface area contributed by atoms with Gasteiger partial charge in [0.05, 0.1) is 8.95 Å². The summed E-state index contributed by atoms with van der Waals surface area (Å²) in [6.45, 7) is 0. The number of hydrogen-bond donors (Lipinski definition) is 0. The first-order chi connectivity index (χ1) is 8.90. The lowest BCUT2D eigenvalue weighted by molar-refractivity contribution is 0.475. The van der Waals surface area contributed by atoms with Crippen LogP contribution in [0.25, 0.3) is 0 Å². The Kier molecular flexibility index (Phi) is 6.01. The molecule has 0 atom stereocenters. The summed E-state index contributed by atoms with van der Waals surface area (Å²) < 4.78 is 11.4. The third kappa shape index (κ3) is 3.86. The van der Waals surface area contributed by atoms with Gasteiger partial charge in [-0.1, -0.05) is 0 Å². The van der Waals surface area contributed by atoms with E-state index in [1.165, 1.54) is 0 Å². The van der Waals surface area contributed by atoms with Crippen LogP contribution in [-0.4, -0.2) is 0 Å². The van der Waals surface area contributed by atoms with Crippen LogP contribution in [0.2, 0.25) is 0 Å². The maximum Gasteiger partial charge on any atom is 0.158 e. The summed E-state index contributed by atoms with van der Waals surface area (Å²) in [6.07, 6.45) is 0. The molecule has 2 rings (SSSR count). The van der Waals surface area contributed by atoms with E-state index in [9.17, 15) is 0 Å². The Hall–Kier alpha value is 1.12. The second-order valence-electron chi connectivity index (χ2n) is 3.48. The average Bonchev–Trinajstić information content (AvgIpc) is 2.36. The molecule has 1 nitrogen and oxygen atoms in total. The van der Waals surface area contributed by atoms with Gasteiger partial charge in [0.1, 0.15) is 5.75 Å². The molecule has 2 aromatic carbocycles. The smallest absolute Gasteiger partial charge is 0.158 e. The van der Waals surface area contributed by atoms with E-state index in [1.807, 2.05) is 24.3 Å². The zero-order chi connectivity index (χ0) is 14.2. The predicted molar refractivity (Wildman–Crippen MR) is 99.2 cm³/mol. The van der Waals surface area contributed by atoms with Crippen LogP contribution in [0.5, 0.6) is 11.5 Å². The number of benzene rings is 2. The molecule has 0 aromatic heterocycles. The first kappa shape index (κ1) is 16.5. The molecule has 0 N–H and O–H groups in total. The van der Waals surface area contributed by atoms with Crippen molar-refractivity contribution in [1.82, 2.24) is 0 Å². The lowest BCUT2D eigenvalue weighted by Gasteiger charge is -2.13. The van der Waals surface area contributed by atoms with E-state index >= 15 is 0 Å². The van der Waals surface area contributed by atoms with Gasteiger partial charge < -0.3 is 4.74 Å². The molecule has 7 heteroatoms. The monoisotopic (exact) mass is 638 g/mol. The average molecular weight is 644 g/mol. The van der Waals surface area contributed by atoms with Crippen molar-refractivity contribution in [3.8, 4) is 11.5 Å². The molecule has 2 aromatic rings. The molecular formula is C12H4Br6O. The van der Waals surface area contributed by atoms with Gasteiger partial charge in [0.2, 0.25) is 0 Å². The van der Waals surface area contributed by atoms with Gasteiger partial charge in [0.25, 0.3) is 0 Å². The van der Waals surface area contributed by atoms with Crippen molar-refractivity contribution in [2.45, 2.75) is 0 Å². The van der Waals surface area contributed by atoms with E-state index in [0.29, 0.717) is 5.75 Å². The normalized spacial score (nSPS) is 10.6. The minimum Gasteiger partial charge on any atom is -0.455 e. The van der Waals surface area contributed by atoms with E-state index in [0.717, 1.165) is 32.6 Å². The third-order valence-electron chi connectivity index (χ3n) is 2.18. The van der Waals surface area contributed by atoms with Gasteiger partial charge in [-0.05, 0) is 120 Å². The van der Waals surface area contributed by atoms with Crippen molar-refractivity contribution in [3.05, 3.63) is 51.1 Å². The van der Waals surface area contributed by atoms with Gasteiger partial charge in [0, 0.05) is 17.9 Å². The zero-order valence-electron chi connectivity index (χ0n) is 8.99. The quantitative estimate of drug-likeness (QED) is 0.301. The Morgan fingerprint density at radius 1 is 0.632 bits per heavy atom. The summed E-state index contributed by atoms with van der Waals surface area (Å²) in [7, 11) is 0. The molecule has 0 spiro atoms. The van der Waals surface area contributed by atoms with E-state index in [1.54, 1.807) is 0 Å². The van der Waals surface area contributed by atoms with Crippen LogP contribution in [0.3, 0.4) is 0 Å². The van der Waals surface area contributed by atoms with Crippen LogP contribution >= 0.6 is 95.6 Å². The topological polar surface area (TPSA) is 9.23 Å². The number of ether oxygens (including phenoxy) is 1. The molecular weight excluding hydrogens is 640 g/mol. The summed E-state index contributed by atoms with van der Waals surface area (Å²) in [5, 5.41) is 0. The van der Waals surface area contributed by atoms with Crippen LogP contribution in [-0.2, 0) is 0 Å². The largest absolute Gasteiger partial charge is 0.455 e. The molecule has 0 heterocycles. The first-order valence-corrected chi connectivity index (χ1v) is 9.62. The lowest BCUT2D eigenvalue weighted by Crippen LogP contribution is -1.89. The van der Waals surface area contributed by atoms with Gasteiger partial charge in [-0.25, -0.2) is 0 Å². The fraction of sp³-hybridized carbons (Fsp3) is 0. The highest BCUT2D eigenvalue weighted by atomic mass is 79.9. The third-order valence-corrected chi connectivity index (χ3v) is 7.95.